The smallest absolute Gasteiger partial charge is 0.314 e. The van der Waals surface area contributed by atoms with Crippen LogP contribution in [0.5, 0.6) is 0 Å². The molecule has 2 aromatic heterocycles. The van der Waals surface area contributed by atoms with Crippen molar-refractivity contribution in [3.63, 3.8) is 0 Å². The fraction of sp³-hybridized carbons (Fsp3) is 0.524. The number of hydrogen-bond acceptors (Lipinski definition) is 4. The standard InChI is InChI=1S/C21H28F2N4OS/c1-14-4-5-15(12-25-14)20(2,3)27-11-10-21(13-27,18(23)26-19(24)28)9-8-16-6-7-17(22)29-16/h4-7,12,18H,8-11,13H2,1-3H3,(H3,24,26,28)/t18-,21-/m1/s1. The van der Waals surface area contributed by atoms with E-state index >= 15 is 4.39 Å². The average Bonchev–Trinajstić information content (AvgIpc) is 3.27. The number of rotatable bonds is 7. The number of amides is 2. The highest BCUT2D eigenvalue weighted by Gasteiger charge is 2.48. The molecule has 1 aliphatic rings. The molecule has 29 heavy (non-hydrogen) atoms. The molecule has 2 atom stereocenters. The summed E-state index contributed by atoms with van der Waals surface area (Å²) in [5.74, 6) is 0. The third-order valence-corrected chi connectivity index (χ3v) is 7.03. The third kappa shape index (κ3) is 4.75. The van der Waals surface area contributed by atoms with Crippen molar-refractivity contribution in [2.24, 2.45) is 11.1 Å². The van der Waals surface area contributed by atoms with Crippen LogP contribution < -0.4 is 11.1 Å². The maximum Gasteiger partial charge on any atom is 0.314 e. The van der Waals surface area contributed by atoms with Crippen LogP contribution in [0.4, 0.5) is 13.6 Å². The molecule has 0 aromatic carbocycles. The van der Waals surface area contributed by atoms with E-state index in [1.54, 1.807) is 6.07 Å². The highest BCUT2D eigenvalue weighted by atomic mass is 32.1. The Kier molecular flexibility index (Phi) is 6.24. The van der Waals surface area contributed by atoms with Crippen molar-refractivity contribution in [1.29, 1.82) is 0 Å². The van der Waals surface area contributed by atoms with Crippen LogP contribution in [0.3, 0.4) is 0 Å². The molecule has 3 rings (SSSR count). The summed E-state index contributed by atoms with van der Waals surface area (Å²) in [6.45, 7) is 7.27. The van der Waals surface area contributed by atoms with Gasteiger partial charge in [0.2, 0.25) is 0 Å². The molecule has 1 saturated heterocycles. The van der Waals surface area contributed by atoms with Crippen LogP contribution in [0.15, 0.2) is 30.5 Å². The molecule has 1 aliphatic heterocycles. The maximum atomic E-state index is 15.2. The number of alkyl halides is 1. The number of nitrogens with zero attached hydrogens (tertiary/aromatic N) is 2. The molecular formula is C21H28F2N4OS. The first-order valence-corrected chi connectivity index (χ1v) is 10.6. The summed E-state index contributed by atoms with van der Waals surface area (Å²) in [5, 5.41) is 2.00. The van der Waals surface area contributed by atoms with E-state index in [9.17, 15) is 9.18 Å². The van der Waals surface area contributed by atoms with Crippen molar-refractivity contribution in [3.8, 4) is 0 Å². The summed E-state index contributed by atoms with van der Waals surface area (Å²) >= 11 is 1.08. The lowest BCUT2D eigenvalue weighted by atomic mass is 9.80. The van der Waals surface area contributed by atoms with Crippen molar-refractivity contribution in [1.82, 2.24) is 15.2 Å². The van der Waals surface area contributed by atoms with Crippen LogP contribution in [0.1, 0.15) is 42.8 Å². The van der Waals surface area contributed by atoms with Crippen LogP contribution in [0, 0.1) is 17.5 Å². The minimum Gasteiger partial charge on any atom is -0.352 e. The topological polar surface area (TPSA) is 71.2 Å². The fourth-order valence-electron chi connectivity index (χ4n) is 4.06. The Morgan fingerprint density at radius 3 is 2.76 bits per heavy atom. The predicted molar refractivity (Wildman–Crippen MR) is 111 cm³/mol. The Balaban J connectivity index is 1.81. The van der Waals surface area contributed by atoms with Gasteiger partial charge in [0.1, 0.15) is 0 Å². The number of aromatic nitrogens is 1. The molecular weight excluding hydrogens is 394 g/mol. The number of primary amides is 1. The van der Waals surface area contributed by atoms with E-state index in [0.717, 1.165) is 27.5 Å². The van der Waals surface area contributed by atoms with Crippen molar-refractivity contribution in [2.75, 3.05) is 13.1 Å². The van der Waals surface area contributed by atoms with Gasteiger partial charge in [-0.25, -0.2) is 9.18 Å². The Morgan fingerprint density at radius 2 is 2.17 bits per heavy atom. The van der Waals surface area contributed by atoms with Crippen molar-refractivity contribution in [2.45, 2.75) is 51.9 Å². The summed E-state index contributed by atoms with van der Waals surface area (Å²) < 4.78 is 28.6. The van der Waals surface area contributed by atoms with Gasteiger partial charge in [0, 0.05) is 34.3 Å². The van der Waals surface area contributed by atoms with Gasteiger partial charge in [0.15, 0.2) is 11.4 Å². The molecule has 0 radical (unpaired) electrons. The number of aryl methyl sites for hydroxylation is 2. The molecule has 0 saturated carbocycles. The molecule has 1 fully saturated rings. The number of urea groups is 1. The number of halogens is 2. The largest absolute Gasteiger partial charge is 0.352 e. The van der Waals surface area contributed by atoms with E-state index in [1.807, 2.05) is 25.3 Å². The first-order chi connectivity index (χ1) is 13.6. The number of pyridine rings is 1. The molecule has 5 nitrogen and oxygen atoms in total. The van der Waals surface area contributed by atoms with E-state index in [4.69, 9.17) is 5.73 Å². The zero-order chi connectivity index (χ0) is 21.2. The number of hydrogen-bond donors (Lipinski definition) is 2. The Bertz CT molecular complexity index is 855. The van der Waals surface area contributed by atoms with Gasteiger partial charge in [-0.15, -0.1) is 11.3 Å². The van der Waals surface area contributed by atoms with E-state index in [-0.39, 0.29) is 10.7 Å². The van der Waals surface area contributed by atoms with Gasteiger partial charge in [-0.2, -0.15) is 4.39 Å². The zero-order valence-electron chi connectivity index (χ0n) is 17.0. The summed E-state index contributed by atoms with van der Waals surface area (Å²) in [6.07, 6.45) is 1.91. The lowest BCUT2D eigenvalue weighted by Gasteiger charge is -2.39. The van der Waals surface area contributed by atoms with Crippen LogP contribution in [-0.4, -0.2) is 35.3 Å². The molecule has 2 amide bonds. The van der Waals surface area contributed by atoms with Crippen molar-refractivity contribution >= 4 is 17.4 Å². The predicted octanol–water partition coefficient (Wildman–Crippen LogP) is 4.11. The lowest BCUT2D eigenvalue weighted by molar-refractivity contribution is 0.0590. The monoisotopic (exact) mass is 422 g/mol. The van der Waals surface area contributed by atoms with Crippen LogP contribution in [0.25, 0.3) is 0 Å². The highest BCUT2D eigenvalue weighted by molar-refractivity contribution is 7.10. The first-order valence-electron chi connectivity index (χ1n) is 9.75. The normalized spacial score (nSPS) is 21.3. The molecule has 158 valence electrons. The first kappa shape index (κ1) is 21.6. The van der Waals surface area contributed by atoms with Crippen LogP contribution in [0.2, 0.25) is 0 Å². The second-order valence-electron chi connectivity index (χ2n) is 8.36. The van der Waals surface area contributed by atoms with E-state index < -0.39 is 17.7 Å². The number of likely N-dealkylation sites (tertiary alicyclic amines) is 1. The third-order valence-electron chi connectivity index (χ3n) is 6.10. The Hall–Kier alpha value is -2.06. The lowest BCUT2D eigenvalue weighted by Crippen LogP contribution is -2.50. The van der Waals surface area contributed by atoms with E-state index in [0.29, 0.717) is 32.4 Å². The number of nitrogens with one attached hydrogen (secondary N) is 1. The van der Waals surface area contributed by atoms with Gasteiger partial charge in [-0.3, -0.25) is 9.88 Å². The average molecular weight is 423 g/mol. The second-order valence-corrected chi connectivity index (χ2v) is 9.48. The zero-order valence-corrected chi connectivity index (χ0v) is 17.9. The molecule has 3 N–H and O–H groups in total. The summed E-state index contributed by atoms with van der Waals surface area (Å²) in [5.41, 5.74) is 6.06. The van der Waals surface area contributed by atoms with Crippen molar-refractivity contribution in [3.05, 3.63) is 51.7 Å². The van der Waals surface area contributed by atoms with E-state index in [1.165, 1.54) is 6.07 Å². The summed E-state index contributed by atoms with van der Waals surface area (Å²) in [7, 11) is 0. The Labute approximate surface area is 174 Å². The molecule has 0 aliphatic carbocycles. The Morgan fingerprint density at radius 1 is 1.41 bits per heavy atom. The molecule has 0 spiro atoms. The minimum absolute atomic E-state index is 0.248. The molecule has 3 heterocycles. The van der Waals surface area contributed by atoms with Gasteiger partial charge in [0.25, 0.3) is 0 Å². The maximum absolute atomic E-state index is 15.2. The summed E-state index contributed by atoms with van der Waals surface area (Å²) in [6, 6.07) is 6.30. The van der Waals surface area contributed by atoms with Crippen LogP contribution in [-0.2, 0) is 12.0 Å². The molecule has 8 heteroatoms. The SMILES string of the molecule is Cc1ccc(C(C)(C)N2CC[C@@](CCc3ccc(F)s3)([C@H](F)NC(N)=O)C2)cn1. The molecule has 0 bridgehead atoms. The van der Waals surface area contributed by atoms with Crippen molar-refractivity contribution < 1.29 is 13.6 Å². The highest BCUT2D eigenvalue weighted by Crippen LogP contribution is 2.44. The number of thiophene rings is 1. The fourth-order valence-corrected chi connectivity index (χ4v) is 4.79. The van der Waals surface area contributed by atoms with Crippen LogP contribution >= 0.6 is 11.3 Å². The van der Waals surface area contributed by atoms with Gasteiger partial charge in [-0.1, -0.05) is 6.07 Å². The quantitative estimate of drug-likeness (QED) is 0.660. The van der Waals surface area contributed by atoms with Gasteiger partial charge in [0.05, 0.1) is 0 Å². The van der Waals surface area contributed by atoms with Gasteiger partial charge < -0.3 is 11.1 Å². The summed E-state index contributed by atoms with van der Waals surface area (Å²) in [4.78, 5) is 18.8. The van der Waals surface area contributed by atoms with Gasteiger partial charge >= 0.3 is 6.03 Å². The number of carbonyl (C=O) groups excluding carboxylic acids is 1. The minimum atomic E-state index is -1.57. The second kappa shape index (κ2) is 8.36. The molecule has 0 unspecified atom stereocenters. The number of nitrogens with two attached hydrogens (primary N) is 1. The molecule has 2 aromatic rings. The van der Waals surface area contributed by atoms with E-state index in [2.05, 4.69) is 29.0 Å². The number of carbonyl (C=O) groups is 1. The van der Waals surface area contributed by atoms with Gasteiger partial charge in [-0.05, 0) is 70.3 Å².